The van der Waals surface area contributed by atoms with E-state index in [-0.39, 0.29) is 5.82 Å². The number of fused-ring (bicyclic) bond motifs is 1. The molecule has 92 valence electrons. The first-order valence-electron chi connectivity index (χ1n) is 6.06. The number of anilines is 1. The molecular formula is C15H13ClFN. The van der Waals surface area contributed by atoms with Crippen LogP contribution in [0.5, 0.6) is 0 Å². The highest BCUT2D eigenvalue weighted by atomic mass is 35.5. The third-order valence-electron chi connectivity index (χ3n) is 3.24. The molecule has 1 aliphatic rings. The van der Waals surface area contributed by atoms with Gasteiger partial charge in [-0.3, -0.25) is 0 Å². The summed E-state index contributed by atoms with van der Waals surface area (Å²) in [4.78, 5) is 0. The van der Waals surface area contributed by atoms with Gasteiger partial charge in [0.05, 0.1) is 0 Å². The molecule has 0 spiro atoms. The van der Waals surface area contributed by atoms with Gasteiger partial charge in [-0.15, -0.1) is 0 Å². The maximum Gasteiger partial charge on any atom is 0.125 e. The smallest absolute Gasteiger partial charge is 0.125 e. The molecule has 1 aliphatic heterocycles. The van der Waals surface area contributed by atoms with E-state index < -0.39 is 0 Å². The number of hydrogen-bond donors (Lipinski definition) is 1. The molecule has 0 bridgehead atoms. The van der Waals surface area contributed by atoms with Crippen LogP contribution in [0, 0.1) is 5.82 Å². The molecule has 1 N–H and O–H groups in total. The van der Waals surface area contributed by atoms with Crippen LogP contribution in [-0.4, -0.2) is 6.54 Å². The standard InChI is InChI=1S/C15H13ClFN/c16-13-7-12(8-14(17)9-13)10-3-4-15-11(6-10)2-1-5-18-15/h3-4,6-9,18H,1-2,5H2. The summed E-state index contributed by atoms with van der Waals surface area (Å²) in [5.74, 6) is -0.298. The molecule has 2 aromatic carbocycles. The molecule has 0 unspecified atom stereocenters. The second kappa shape index (κ2) is 4.62. The van der Waals surface area contributed by atoms with Crippen LogP contribution in [-0.2, 0) is 6.42 Å². The van der Waals surface area contributed by atoms with Crippen molar-refractivity contribution in [2.24, 2.45) is 0 Å². The van der Waals surface area contributed by atoms with E-state index in [0.717, 1.165) is 30.5 Å². The van der Waals surface area contributed by atoms with Gasteiger partial charge in [0.15, 0.2) is 0 Å². The number of aryl methyl sites for hydroxylation is 1. The SMILES string of the molecule is Fc1cc(Cl)cc(-c2ccc3c(c2)CCCN3)c1. The minimum atomic E-state index is -0.298. The summed E-state index contributed by atoms with van der Waals surface area (Å²) in [6, 6.07) is 10.8. The zero-order valence-corrected chi connectivity index (χ0v) is 10.6. The zero-order chi connectivity index (χ0) is 12.5. The Labute approximate surface area is 111 Å². The van der Waals surface area contributed by atoms with Crippen LogP contribution in [0.4, 0.5) is 10.1 Å². The summed E-state index contributed by atoms with van der Waals surface area (Å²) in [6.45, 7) is 1.03. The molecule has 3 rings (SSSR count). The Morgan fingerprint density at radius 1 is 1.06 bits per heavy atom. The second-order valence-electron chi connectivity index (χ2n) is 4.56. The molecule has 1 heterocycles. The molecule has 0 fully saturated rings. The second-order valence-corrected chi connectivity index (χ2v) is 5.00. The zero-order valence-electron chi connectivity index (χ0n) is 9.84. The number of hydrogen-bond acceptors (Lipinski definition) is 1. The van der Waals surface area contributed by atoms with E-state index in [1.165, 1.54) is 23.4 Å². The van der Waals surface area contributed by atoms with Gasteiger partial charge in [0.2, 0.25) is 0 Å². The summed E-state index contributed by atoms with van der Waals surface area (Å²) in [6.07, 6.45) is 2.21. The van der Waals surface area contributed by atoms with Crippen LogP contribution in [0.15, 0.2) is 36.4 Å². The van der Waals surface area contributed by atoms with Crippen LogP contribution in [0.1, 0.15) is 12.0 Å². The Hall–Kier alpha value is -1.54. The van der Waals surface area contributed by atoms with Gasteiger partial charge in [-0.25, -0.2) is 4.39 Å². The Kier molecular flexibility index (Phi) is 2.96. The van der Waals surface area contributed by atoms with Crippen LogP contribution in [0.2, 0.25) is 5.02 Å². The van der Waals surface area contributed by atoms with E-state index in [0.29, 0.717) is 5.02 Å². The molecule has 0 amide bonds. The highest BCUT2D eigenvalue weighted by molar-refractivity contribution is 6.30. The Morgan fingerprint density at radius 3 is 2.78 bits per heavy atom. The average molecular weight is 262 g/mol. The Bertz CT molecular complexity index is 575. The maximum atomic E-state index is 13.4. The molecule has 0 aromatic heterocycles. The molecule has 0 saturated heterocycles. The summed E-state index contributed by atoms with van der Waals surface area (Å²) in [5.41, 5.74) is 4.32. The van der Waals surface area contributed by atoms with Crippen LogP contribution in [0.3, 0.4) is 0 Å². The summed E-state index contributed by atoms with van der Waals surface area (Å²) in [5, 5.41) is 3.80. The minimum Gasteiger partial charge on any atom is -0.385 e. The number of halogens is 2. The fourth-order valence-electron chi connectivity index (χ4n) is 2.37. The number of nitrogens with one attached hydrogen (secondary N) is 1. The van der Waals surface area contributed by atoms with Gasteiger partial charge in [0.1, 0.15) is 5.82 Å². The predicted molar refractivity (Wildman–Crippen MR) is 73.7 cm³/mol. The maximum absolute atomic E-state index is 13.4. The van der Waals surface area contributed by atoms with Crippen molar-refractivity contribution >= 4 is 17.3 Å². The van der Waals surface area contributed by atoms with E-state index in [9.17, 15) is 4.39 Å². The molecule has 0 saturated carbocycles. The van der Waals surface area contributed by atoms with Crippen LogP contribution in [0.25, 0.3) is 11.1 Å². The first kappa shape index (κ1) is 11.5. The van der Waals surface area contributed by atoms with Gasteiger partial charge in [-0.05, 0) is 59.9 Å². The number of benzene rings is 2. The van der Waals surface area contributed by atoms with Crippen molar-refractivity contribution in [2.75, 3.05) is 11.9 Å². The van der Waals surface area contributed by atoms with Gasteiger partial charge < -0.3 is 5.32 Å². The monoisotopic (exact) mass is 261 g/mol. The highest BCUT2D eigenvalue weighted by Gasteiger charge is 2.10. The average Bonchev–Trinajstić information content (AvgIpc) is 2.37. The van der Waals surface area contributed by atoms with Gasteiger partial charge in [0.25, 0.3) is 0 Å². The first-order chi connectivity index (χ1) is 8.72. The third kappa shape index (κ3) is 2.21. The quantitative estimate of drug-likeness (QED) is 0.797. The van der Waals surface area contributed by atoms with Crippen molar-refractivity contribution in [3.8, 4) is 11.1 Å². The lowest BCUT2D eigenvalue weighted by molar-refractivity contribution is 0.628. The topological polar surface area (TPSA) is 12.0 Å². The lowest BCUT2D eigenvalue weighted by Gasteiger charge is -2.18. The van der Waals surface area contributed by atoms with Gasteiger partial charge >= 0.3 is 0 Å². The lowest BCUT2D eigenvalue weighted by Crippen LogP contribution is -2.11. The third-order valence-corrected chi connectivity index (χ3v) is 3.46. The molecule has 0 aliphatic carbocycles. The van der Waals surface area contributed by atoms with E-state index in [1.54, 1.807) is 6.07 Å². The van der Waals surface area contributed by atoms with Crippen molar-refractivity contribution in [1.29, 1.82) is 0 Å². The van der Waals surface area contributed by atoms with Crippen molar-refractivity contribution in [3.05, 3.63) is 52.8 Å². The molecular weight excluding hydrogens is 249 g/mol. The normalized spacial score (nSPS) is 13.9. The molecule has 18 heavy (non-hydrogen) atoms. The van der Waals surface area contributed by atoms with Gasteiger partial charge in [-0.2, -0.15) is 0 Å². The van der Waals surface area contributed by atoms with Crippen molar-refractivity contribution in [2.45, 2.75) is 12.8 Å². The Morgan fingerprint density at radius 2 is 1.94 bits per heavy atom. The molecule has 0 radical (unpaired) electrons. The van der Waals surface area contributed by atoms with Crippen molar-refractivity contribution in [1.82, 2.24) is 0 Å². The van der Waals surface area contributed by atoms with Gasteiger partial charge in [-0.1, -0.05) is 17.7 Å². The van der Waals surface area contributed by atoms with E-state index in [1.807, 2.05) is 6.07 Å². The molecule has 2 aromatic rings. The van der Waals surface area contributed by atoms with Crippen molar-refractivity contribution < 1.29 is 4.39 Å². The van der Waals surface area contributed by atoms with Crippen LogP contribution < -0.4 is 5.32 Å². The summed E-state index contributed by atoms with van der Waals surface area (Å²) >= 11 is 5.89. The lowest BCUT2D eigenvalue weighted by atomic mass is 9.97. The molecule has 3 heteroatoms. The largest absolute Gasteiger partial charge is 0.385 e. The fraction of sp³-hybridized carbons (Fsp3) is 0.200. The summed E-state index contributed by atoms with van der Waals surface area (Å²) < 4.78 is 13.4. The Balaban J connectivity index is 2.06. The number of rotatable bonds is 1. The molecule has 0 atom stereocenters. The fourth-order valence-corrected chi connectivity index (χ4v) is 2.60. The van der Waals surface area contributed by atoms with Gasteiger partial charge in [0, 0.05) is 17.3 Å². The highest BCUT2D eigenvalue weighted by Crippen LogP contribution is 2.30. The van der Waals surface area contributed by atoms with E-state index >= 15 is 0 Å². The van der Waals surface area contributed by atoms with Crippen molar-refractivity contribution in [3.63, 3.8) is 0 Å². The predicted octanol–water partition coefficient (Wildman–Crippen LogP) is 4.50. The summed E-state index contributed by atoms with van der Waals surface area (Å²) in [7, 11) is 0. The minimum absolute atomic E-state index is 0.298. The first-order valence-corrected chi connectivity index (χ1v) is 6.43. The van der Waals surface area contributed by atoms with Crippen LogP contribution >= 0.6 is 11.6 Å². The molecule has 1 nitrogen and oxygen atoms in total. The van der Waals surface area contributed by atoms with E-state index in [2.05, 4.69) is 17.4 Å². The van der Waals surface area contributed by atoms with E-state index in [4.69, 9.17) is 11.6 Å².